The SMILES string of the molecule is CCCS(=O)(=O)c1ccc(N)c(C#N)n1. The van der Waals surface area contributed by atoms with Gasteiger partial charge in [-0.3, -0.25) is 0 Å². The van der Waals surface area contributed by atoms with E-state index in [1.807, 2.05) is 0 Å². The predicted molar refractivity (Wildman–Crippen MR) is 55.7 cm³/mol. The van der Waals surface area contributed by atoms with Crippen LogP contribution in [0.25, 0.3) is 0 Å². The van der Waals surface area contributed by atoms with Gasteiger partial charge in [-0.05, 0) is 18.6 Å². The van der Waals surface area contributed by atoms with E-state index >= 15 is 0 Å². The van der Waals surface area contributed by atoms with Crippen molar-refractivity contribution in [2.45, 2.75) is 18.4 Å². The molecule has 0 bridgehead atoms. The number of nitrogens with two attached hydrogens (primary N) is 1. The summed E-state index contributed by atoms with van der Waals surface area (Å²) in [6, 6.07) is 4.45. The van der Waals surface area contributed by atoms with Crippen molar-refractivity contribution in [1.29, 1.82) is 5.26 Å². The Hall–Kier alpha value is -1.61. The van der Waals surface area contributed by atoms with Crippen molar-refractivity contribution in [3.63, 3.8) is 0 Å². The molecule has 1 heterocycles. The van der Waals surface area contributed by atoms with Gasteiger partial charge in [-0.2, -0.15) is 5.26 Å². The van der Waals surface area contributed by atoms with Crippen LogP contribution in [0.2, 0.25) is 0 Å². The van der Waals surface area contributed by atoms with Crippen molar-refractivity contribution >= 4 is 15.5 Å². The molecule has 1 rings (SSSR count). The number of rotatable bonds is 3. The van der Waals surface area contributed by atoms with Crippen molar-refractivity contribution in [3.05, 3.63) is 17.8 Å². The Bertz CT molecular complexity index is 503. The minimum atomic E-state index is -3.38. The fraction of sp³-hybridized carbons (Fsp3) is 0.333. The fourth-order valence-corrected chi connectivity index (χ4v) is 2.34. The van der Waals surface area contributed by atoms with Crippen molar-refractivity contribution in [3.8, 4) is 6.07 Å². The van der Waals surface area contributed by atoms with E-state index in [4.69, 9.17) is 11.0 Å². The second-order valence-electron chi connectivity index (χ2n) is 3.02. The lowest BCUT2D eigenvalue weighted by Crippen LogP contribution is -2.09. The molecule has 6 heteroatoms. The highest BCUT2D eigenvalue weighted by Crippen LogP contribution is 2.14. The van der Waals surface area contributed by atoms with Gasteiger partial charge in [-0.15, -0.1) is 0 Å². The maximum atomic E-state index is 11.6. The van der Waals surface area contributed by atoms with E-state index in [9.17, 15) is 8.42 Å². The Balaban J connectivity index is 3.24. The van der Waals surface area contributed by atoms with Crippen LogP contribution in [0.3, 0.4) is 0 Å². The van der Waals surface area contributed by atoms with Gasteiger partial charge in [0.15, 0.2) is 20.6 Å². The Kier molecular flexibility index (Phi) is 3.27. The molecule has 5 nitrogen and oxygen atoms in total. The topological polar surface area (TPSA) is 96.8 Å². The minimum absolute atomic E-state index is 0.0226. The molecule has 80 valence electrons. The molecule has 0 aliphatic rings. The summed E-state index contributed by atoms with van der Waals surface area (Å²) < 4.78 is 23.2. The van der Waals surface area contributed by atoms with Crippen LogP contribution in [-0.2, 0) is 9.84 Å². The highest BCUT2D eigenvalue weighted by atomic mass is 32.2. The zero-order valence-corrected chi connectivity index (χ0v) is 9.08. The first-order valence-corrected chi connectivity index (χ1v) is 6.06. The Morgan fingerprint density at radius 1 is 1.53 bits per heavy atom. The van der Waals surface area contributed by atoms with Crippen LogP contribution in [0.1, 0.15) is 19.0 Å². The van der Waals surface area contributed by atoms with E-state index in [-0.39, 0.29) is 22.2 Å². The highest BCUT2D eigenvalue weighted by Gasteiger charge is 2.16. The highest BCUT2D eigenvalue weighted by molar-refractivity contribution is 7.91. The molecule has 0 saturated carbocycles. The van der Waals surface area contributed by atoms with Gasteiger partial charge in [0.05, 0.1) is 11.4 Å². The van der Waals surface area contributed by atoms with Crippen LogP contribution >= 0.6 is 0 Å². The van der Waals surface area contributed by atoms with Crippen molar-refractivity contribution < 1.29 is 8.42 Å². The molecule has 0 radical (unpaired) electrons. The number of nitriles is 1. The minimum Gasteiger partial charge on any atom is -0.396 e. The van der Waals surface area contributed by atoms with Gasteiger partial charge in [-0.1, -0.05) is 6.92 Å². The van der Waals surface area contributed by atoms with Crippen LogP contribution < -0.4 is 5.73 Å². The molecular formula is C9H11N3O2S. The molecule has 15 heavy (non-hydrogen) atoms. The number of nitrogens with zero attached hydrogens (tertiary/aromatic N) is 2. The molecule has 2 N–H and O–H groups in total. The summed E-state index contributed by atoms with van der Waals surface area (Å²) in [5.41, 5.74) is 5.58. The Morgan fingerprint density at radius 2 is 2.20 bits per heavy atom. The summed E-state index contributed by atoms with van der Waals surface area (Å²) in [4.78, 5) is 3.71. The largest absolute Gasteiger partial charge is 0.396 e. The second-order valence-corrected chi connectivity index (χ2v) is 5.07. The number of nitrogen functional groups attached to an aromatic ring is 1. The van der Waals surface area contributed by atoms with Gasteiger partial charge in [0.2, 0.25) is 0 Å². The Labute approximate surface area is 88.5 Å². The van der Waals surface area contributed by atoms with Crippen LogP contribution in [0.4, 0.5) is 5.69 Å². The van der Waals surface area contributed by atoms with E-state index in [2.05, 4.69) is 4.98 Å². The van der Waals surface area contributed by atoms with Gasteiger partial charge < -0.3 is 5.73 Å². The van der Waals surface area contributed by atoms with E-state index in [0.717, 1.165) is 0 Å². The third-order valence-corrected chi connectivity index (χ3v) is 3.61. The van der Waals surface area contributed by atoms with Crippen LogP contribution in [0.5, 0.6) is 0 Å². The zero-order chi connectivity index (χ0) is 11.5. The third kappa shape index (κ3) is 2.44. The number of anilines is 1. The summed E-state index contributed by atoms with van der Waals surface area (Å²) in [6.07, 6.45) is 0.510. The molecule has 0 spiro atoms. The van der Waals surface area contributed by atoms with E-state index in [0.29, 0.717) is 6.42 Å². The molecule has 0 fully saturated rings. The van der Waals surface area contributed by atoms with Crippen molar-refractivity contribution in [2.24, 2.45) is 0 Å². The average molecular weight is 225 g/mol. The summed E-state index contributed by atoms with van der Waals surface area (Å²) in [6.45, 7) is 1.76. The molecule has 0 aliphatic heterocycles. The predicted octanol–water partition coefficient (Wildman–Crippen LogP) is 0.719. The number of pyridine rings is 1. The van der Waals surface area contributed by atoms with Crippen LogP contribution in [-0.4, -0.2) is 19.2 Å². The zero-order valence-electron chi connectivity index (χ0n) is 8.27. The summed E-state index contributed by atoms with van der Waals surface area (Å²) in [5.74, 6) is 0.0226. The van der Waals surface area contributed by atoms with Gasteiger partial charge in [0, 0.05) is 0 Å². The normalized spacial score (nSPS) is 10.9. The summed E-state index contributed by atoms with van der Waals surface area (Å²) in [5, 5.41) is 8.56. The van der Waals surface area contributed by atoms with Crippen LogP contribution in [0, 0.1) is 11.3 Å². The third-order valence-electron chi connectivity index (χ3n) is 1.80. The number of hydrogen-bond donors (Lipinski definition) is 1. The average Bonchev–Trinajstić information content (AvgIpc) is 2.18. The quantitative estimate of drug-likeness (QED) is 0.817. The molecule has 0 saturated heterocycles. The molecule has 0 aromatic carbocycles. The van der Waals surface area contributed by atoms with Crippen LogP contribution in [0.15, 0.2) is 17.2 Å². The van der Waals surface area contributed by atoms with E-state index < -0.39 is 9.84 Å². The number of aromatic nitrogens is 1. The standard InChI is InChI=1S/C9H11N3O2S/c1-2-5-15(13,14)9-4-3-7(11)8(6-10)12-9/h3-4H,2,5,11H2,1H3. The first-order valence-electron chi connectivity index (χ1n) is 4.40. The van der Waals surface area contributed by atoms with Gasteiger partial charge in [-0.25, -0.2) is 13.4 Å². The smallest absolute Gasteiger partial charge is 0.195 e. The molecular weight excluding hydrogens is 214 g/mol. The van der Waals surface area contributed by atoms with Crippen molar-refractivity contribution in [1.82, 2.24) is 4.98 Å². The van der Waals surface area contributed by atoms with Gasteiger partial charge >= 0.3 is 0 Å². The molecule has 0 amide bonds. The van der Waals surface area contributed by atoms with E-state index in [1.165, 1.54) is 12.1 Å². The van der Waals surface area contributed by atoms with Gasteiger partial charge in [0.1, 0.15) is 6.07 Å². The van der Waals surface area contributed by atoms with Crippen molar-refractivity contribution in [2.75, 3.05) is 11.5 Å². The molecule has 1 aromatic heterocycles. The first kappa shape index (κ1) is 11.5. The lowest BCUT2D eigenvalue weighted by atomic mass is 10.3. The molecule has 0 aliphatic carbocycles. The monoisotopic (exact) mass is 225 g/mol. The second kappa shape index (κ2) is 4.28. The first-order chi connectivity index (χ1) is 7.01. The number of sulfone groups is 1. The lowest BCUT2D eigenvalue weighted by Gasteiger charge is -2.03. The van der Waals surface area contributed by atoms with Gasteiger partial charge in [0.25, 0.3) is 0 Å². The Morgan fingerprint density at radius 3 is 2.73 bits per heavy atom. The molecule has 0 unspecified atom stereocenters. The maximum Gasteiger partial charge on any atom is 0.195 e. The summed E-state index contributed by atoms with van der Waals surface area (Å²) >= 11 is 0. The number of hydrogen-bond acceptors (Lipinski definition) is 5. The molecule has 1 aromatic rings. The summed E-state index contributed by atoms with van der Waals surface area (Å²) in [7, 11) is -3.38. The van der Waals surface area contributed by atoms with E-state index in [1.54, 1.807) is 13.0 Å². The lowest BCUT2D eigenvalue weighted by molar-refractivity contribution is 0.591. The maximum absolute atomic E-state index is 11.6. The molecule has 0 atom stereocenters. The fourth-order valence-electron chi connectivity index (χ4n) is 1.09.